The standard InChI is InChI=1S/C21H25NO3/c23-15-4-3-14-9-19-21-6-5-18(25-21)17(24)11-20(21,16(14)10-15)7-8-22(19)12-13-1-2-13/h3-4,10,13,18-19,23H,1-2,5-9,11-12H2/t18-,19-,20-,21-/m1/s1. The molecular formula is C21H25NO3. The van der Waals surface area contributed by atoms with E-state index in [1.165, 1.54) is 30.5 Å². The van der Waals surface area contributed by atoms with Crippen LogP contribution in [0, 0.1) is 5.92 Å². The number of Topliss-reactive ketones (excluding diaryl/α,β-unsaturated/α-hetero) is 1. The lowest BCUT2D eigenvalue weighted by Crippen LogP contribution is -2.73. The molecule has 25 heavy (non-hydrogen) atoms. The van der Waals surface area contributed by atoms with E-state index in [0.717, 1.165) is 38.1 Å². The number of ketones is 1. The maximum absolute atomic E-state index is 12.8. The Morgan fingerprint density at radius 1 is 1.24 bits per heavy atom. The second-order valence-electron chi connectivity index (χ2n) is 9.01. The number of benzene rings is 1. The summed E-state index contributed by atoms with van der Waals surface area (Å²) >= 11 is 0. The van der Waals surface area contributed by atoms with Gasteiger partial charge in [-0.3, -0.25) is 9.69 Å². The van der Waals surface area contributed by atoms with Crippen LogP contribution in [0.5, 0.6) is 5.75 Å². The first-order valence-corrected chi connectivity index (χ1v) is 9.88. The molecule has 4 atom stereocenters. The maximum atomic E-state index is 12.8. The number of fused-ring (bicyclic) bond motifs is 2. The molecule has 0 radical (unpaired) electrons. The fraction of sp³-hybridized carbons (Fsp3) is 0.667. The Morgan fingerprint density at radius 3 is 2.96 bits per heavy atom. The van der Waals surface area contributed by atoms with E-state index in [0.29, 0.717) is 18.2 Å². The van der Waals surface area contributed by atoms with E-state index in [1.54, 1.807) is 6.07 Å². The van der Waals surface area contributed by atoms with Crippen molar-refractivity contribution >= 4 is 5.78 Å². The molecule has 0 amide bonds. The number of hydrogen-bond acceptors (Lipinski definition) is 4. The van der Waals surface area contributed by atoms with Crippen LogP contribution in [0.15, 0.2) is 18.2 Å². The minimum atomic E-state index is -0.228. The lowest BCUT2D eigenvalue weighted by molar-refractivity contribution is -0.201. The van der Waals surface area contributed by atoms with Gasteiger partial charge in [-0.25, -0.2) is 0 Å². The first-order valence-electron chi connectivity index (χ1n) is 9.88. The van der Waals surface area contributed by atoms with E-state index in [1.807, 2.05) is 6.07 Å². The zero-order valence-electron chi connectivity index (χ0n) is 14.5. The fourth-order valence-electron chi connectivity index (χ4n) is 6.50. The van der Waals surface area contributed by atoms with Gasteiger partial charge in [-0.2, -0.15) is 0 Å². The number of likely N-dealkylation sites (tertiary alicyclic amines) is 1. The molecule has 1 spiro atoms. The number of phenolic OH excluding ortho intramolecular Hbond substituents is 1. The Kier molecular flexibility index (Phi) is 2.75. The molecule has 1 saturated carbocycles. The van der Waals surface area contributed by atoms with E-state index < -0.39 is 0 Å². The monoisotopic (exact) mass is 339 g/mol. The first-order chi connectivity index (χ1) is 12.1. The van der Waals surface area contributed by atoms with Crippen molar-refractivity contribution in [3.8, 4) is 5.75 Å². The van der Waals surface area contributed by atoms with Crippen LogP contribution in [-0.2, 0) is 21.4 Å². The zero-order chi connectivity index (χ0) is 16.8. The largest absolute Gasteiger partial charge is 0.508 e. The van der Waals surface area contributed by atoms with Crippen LogP contribution in [0.25, 0.3) is 0 Å². The van der Waals surface area contributed by atoms with Crippen LogP contribution in [0.4, 0.5) is 0 Å². The molecule has 0 aromatic heterocycles. The molecule has 1 N–H and O–H groups in total. The predicted molar refractivity (Wildman–Crippen MR) is 92.7 cm³/mol. The zero-order valence-corrected chi connectivity index (χ0v) is 14.5. The molecule has 0 unspecified atom stereocenters. The summed E-state index contributed by atoms with van der Waals surface area (Å²) in [7, 11) is 0. The van der Waals surface area contributed by atoms with Gasteiger partial charge in [0.05, 0.1) is 5.60 Å². The van der Waals surface area contributed by atoms with Gasteiger partial charge in [0.15, 0.2) is 5.78 Å². The Labute approximate surface area is 148 Å². The molecule has 6 rings (SSSR count). The highest BCUT2D eigenvalue weighted by Crippen LogP contribution is 2.63. The molecule has 3 aliphatic heterocycles. The van der Waals surface area contributed by atoms with E-state index in [4.69, 9.17) is 4.74 Å². The predicted octanol–water partition coefficient (Wildman–Crippen LogP) is 2.56. The van der Waals surface area contributed by atoms with E-state index >= 15 is 0 Å². The Balaban J connectivity index is 1.54. The molecule has 3 saturated heterocycles. The van der Waals surface area contributed by atoms with Gasteiger partial charge in [-0.1, -0.05) is 6.07 Å². The van der Waals surface area contributed by atoms with Crippen LogP contribution < -0.4 is 0 Å². The molecule has 3 heterocycles. The van der Waals surface area contributed by atoms with Crippen LogP contribution in [-0.4, -0.2) is 46.6 Å². The smallest absolute Gasteiger partial charge is 0.162 e. The van der Waals surface area contributed by atoms with Crippen molar-refractivity contribution in [3.05, 3.63) is 29.3 Å². The number of hydrogen-bond donors (Lipinski definition) is 1. The number of rotatable bonds is 2. The van der Waals surface area contributed by atoms with Crippen molar-refractivity contribution in [1.29, 1.82) is 0 Å². The van der Waals surface area contributed by atoms with Gasteiger partial charge in [0.25, 0.3) is 0 Å². The highest BCUT2D eigenvalue weighted by molar-refractivity contribution is 5.87. The van der Waals surface area contributed by atoms with Gasteiger partial charge in [0.2, 0.25) is 0 Å². The number of ether oxygens (including phenoxy) is 1. The average Bonchev–Trinajstić information content (AvgIpc) is 3.32. The third kappa shape index (κ3) is 1.77. The van der Waals surface area contributed by atoms with Crippen LogP contribution in [0.3, 0.4) is 0 Å². The van der Waals surface area contributed by atoms with E-state index in [-0.39, 0.29) is 22.9 Å². The van der Waals surface area contributed by atoms with Crippen molar-refractivity contribution in [3.63, 3.8) is 0 Å². The maximum Gasteiger partial charge on any atom is 0.162 e. The molecule has 4 nitrogen and oxygen atoms in total. The topological polar surface area (TPSA) is 49.8 Å². The summed E-state index contributed by atoms with van der Waals surface area (Å²) in [6.07, 6.45) is 6.99. The molecule has 4 fully saturated rings. The van der Waals surface area contributed by atoms with E-state index in [2.05, 4.69) is 11.0 Å². The van der Waals surface area contributed by atoms with Crippen molar-refractivity contribution in [1.82, 2.24) is 4.90 Å². The van der Waals surface area contributed by atoms with Gasteiger partial charge in [0, 0.05) is 24.4 Å². The Bertz CT molecular complexity index is 772. The molecule has 4 heteroatoms. The average molecular weight is 339 g/mol. The molecule has 132 valence electrons. The van der Waals surface area contributed by atoms with Crippen molar-refractivity contribution in [2.45, 2.75) is 68.1 Å². The van der Waals surface area contributed by atoms with Gasteiger partial charge in [0.1, 0.15) is 11.9 Å². The summed E-state index contributed by atoms with van der Waals surface area (Å²) in [6.45, 7) is 2.25. The lowest BCUT2D eigenvalue weighted by Gasteiger charge is -2.63. The number of piperidine rings is 1. The van der Waals surface area contributed by atoms with Crippen LogP contribution >= 0.6 is 0 Å². The highest BCUT2D eigenvalue weighted by atomic mass is 16.5. The third-order valence-electron chi connectivity index (χ3n) is 7.79. The number of nitrogens with zero attached hydrogens (tertiary/aromatic N) is 1. The summed E-state index contributed by atoms with van der Waals surface area (Å²) in [4.78, 5) is 15.4. The summed E-state index contributed by atoms with van der Waals surface area (Å²) in [6, 6.07) is 6.20. The van der Waals surface area contributed by atoms with Gasteiger partial charge in [-0.15, -0.1) is 0 Å². The molecule has 1 aromatic carbocycles. The molecule has 5 aliphatic rings. The first kappa shape index (κ1) is 14.7. The number of carbonyl (C=O) groups is 1. The van der Waals surface area contributed by atoms with E-state index in [9.17, 15) is 9.90 Å². The normalized spacial score (nSPS) is 42.2. The molecule has 2 aliphatic carbocycles. The summed E-state index contributed by atoms with van der Waals surface area (Å²) in [5, 5.41) is 10.1. The number of phenols is 1. The summed E-state index contributed by atoms with van der Waals surface area (Å²) in [5.74, 6) is 1.46. The number of carbonyl (C=O) groups excluding carboxylic acids is 1. The highest BCUT2D eigenvalue weighted by Gasteiger charge is 2.70. The van der Waals surface area contributed by atoms with Gasteiger partial charge < -0.3 is 9.84 Å². The third-order valence-corrected chi connectivity index (χ3v) is 7.79. The number of aromatic hydroxyl groups is 1. The van der Waals surface area contributed by atoms with Crippen LogP contribution in [0.1, 0.15) is 49.7 Å². The van der Waals surface area contributed by atoms with Crippen LogP contribution in [0.2, 0.25) is 0 Å². The summed E-state index contributed by atoms with van der Waals surface area (Å²) < 4.78 is 6.61. The van der Waals surface area contributed by atoms with Gasteiger partial charge in [-0.05, 0) is 74.2 Å². The minimum absolute atomic E-state index is 0.185. The van der Waals surface area contributed by atoms with Crippen molar-refractivity contribution in [2.24, 2.45) is 5.92 Å². The quantitative estimate of drug-likeness (QED) is 0.900. The molecular weight excluding hydrogens is 314 g/mol. The summed E-state index contributed by atoms with van der Waals surface area (Å²) in [5.41, 5.74) is 2.06. The second-order valence-corrected chi connectivity index (χ2v) is 9.01. The molecule has 1 aromatic rings. The molecule has 4 bridgehead atoms. The Hall–Kier alpha value is -1.39. The lowest BCUT2D eigenvalue weighted by atomic mass is 9.52. The SMILES string of the molecule is O=C1C[C@]23CCN(CC4CC4)[C@H](Cc4ccc(O)cc42)[C@]32CC[C@H]1O2. The second kappa shape index (κ2) is 4.66. The van der Waals surface area contributed by atoms with Gasteiger partial charge >= 0.3 is 0 Å². The Morgan fingerprint density at radius 2 is 2.12 bits per heavy atom. The van der Waals surface area contributed by atoms with Crippen molar-refractivity contribution in [2.75, 3.05) is 13.1 Å². The van der Waals surface area contributed by atoms with Crippen molar-refractivity contribution < 1.29 is 14.6 Å². The fourth-order valence-corrected chi connectivity index (χ4v) is 6.50. The minimum Gasteiger partial charge on any atom is -0.508 e.